The van der Waals surface area contributed by atoms with Crippen LogP contribution in [0.15, 0.2) is 59.8 Å². The summed E-state index contributed by atoms with van der Waals surface area (Å²) in [6.07, 6.45) is 1.95. The van der Waals surface area contributed by atoms with E-state index in [0.717, 1.165) is 17.1 Å². The molecule has 0 saturated carbocycles. The number of imidazole rings is 1. The van der Waals surface area contributed by atoms with Crippen LogP contribution >= 0.6 is 0 Å². The molecule has 7 heteroatoms. The van der Waals surface area contributed by atoms with Crippen LogP contribution < -0.4 is 5.32 Å². The van der Waals surface area contributed by atoms with Crippen LogP contribution in [0.3, 0.4) is 0 Å². The minimum Gasteiger partial charge on any atom is -0.325 e. The Hall–Kier alpha value is -2.93. The van der Waals surface area contributed by atoms with Crippen LogP contribution in [0.2, 0.25) is 0 Å². The second-order valence-corrected chi connectivity index (χ2v) is 8.77. The molecule has 0 spiro atoms. The lowest BCUT2D eigenvalue weighted by Crippen LogP contribution is -2.33. The number of nitrogens with one attached hydrogen (secondary N) is 1. The molecule has 4 rings (SSSR count). The molecule has 0 radical (unpaired) electrons. The quantitative estimate of drug-likeness (QED) is 0.756. The summed E-state index contributed by atoms with van der Waals surface area (Å²) >= 11 is 0. The van der Waals surface area contributed by atoms with Crippen LogP contribution in [0.25, 0.3) is 5.69 Å². The maximum Gasteiger partial charge on any atom is 0.243 e. The molecule has 138 valence electrons. The van der Waals surface area contributed by atoms with E-state index < -0.39 is 21.0 Å². The summed E-state index contributed by atoms with van der Waals surface area (Å²) in [5, 5.41) is 1.64. The number of aryl methyl sites for hydroxylation is 1. The lowest BCUT2D eigenvalue weighted by molar-refractivity contribution is -0.115. The van der Waals surface area contributed by atoms with Crippen LogP contribution in [0.4, 0.5) is 5.69 Å². The molecule has 27 heavy (non-hydrogen) atoms. The van der Waals surface area contributed by atoms with E-state index in [0.29, 0.717) is 11.3 Å². The zero-order chi connectivity index (χ0) is 19.2. The first-order chi connectivity index (χ1) is 12.9. The first-order valence-electron chi connectivity index (χ1n) is 8.61. The first kappa shape index (κ1) is 17.5. The Kier molecular flexibility index (Phi) is 4.11. The van der Waals surface area contributed by atoms with Gasteiger partial charge in [0.05, 0.1) is 16.9 Å². The van der Waals surface area contributed by atoms with Crippen molar-refractivity contribution in [3.63, 3.8) is 0 Å². The third-order valence-electron chi connectivity index (χ3n) is 5.02. The highest BCUT2D eigenvalue weighted by Crippen LogP contribution is 2.31. The average Bonchev–Trinajstić information content (AvgIpc) is 3.13. The number of anilines is 1. The third-order valence-corrected chi connectivity index (χ3v) is 7.16. The number of hydrogen-bond acceptors (Lipinski definition) is 4. The number of rotatable bonds is 3. The van der Waals surface area contributed by atoms with E-state index >= 15 is 0 Å². The number of nitrogens with zero attached hydrogens (tertiary/aromatic N) is 2. The number of sulfone groups is 1. The zero-order valence-corrected chi connectivity index (χ0v) is 15.8. The van der Waals surface area contributed by atoms with E-state index in [2.05, 4.69) is 10.3 Å². The molecular formula is C20H19N3O3S. The number of hydrogen-bond donors (Lipinski definition) is 1. The van der Waals surface area contributed by atoms with Crippen molar-refractivity contribution in [2.45, 2.75) is 30.4 Å². The van der Waals surface area contributed by atoms with Crippen molar-refractivity contribution in [2.24, 2.45) is 0 Å². The molecule has 2 aromatic carbocycles. The van der Waals surface area contributed by atoms with Crippen LogP contribution in [-0.4, -0.2) is 29.1 Å². The van der Waals surface area contributed by atoms with Crippen molar-refractivity contribution in [3.8, 4) is 5.69 Å². The van der Waals surface area contributed by atoms with Crippen molar-refractivity contribution in [1.29, 1.82) is 0 Å². The van der Waals surface area contributed by atoms with E-state index in [1.165, 1.54) is 0 Å². The molecule has 0 aliphatic carbocycles. The van der Waals surface area contributed by atoms with Gasteiger partial charge in [0, 0.05) is 17.1 Å². The normalized spacial score (nSPS) is 17.5. The average molecular weight is 381 g/mol. The summed E-state index contributed by atoms with van der Waals surface area (Å²) < 4.78 is 27.2. The first-order valence-corrected chi connectivity index (χ1v) is 10.2. The van der Waals surface area contributed by atoms with E-state index in [1.54, 1.807) is 42.7 Å². The van der Waals surface area contributed by atoms with E-state index in [-0.39, 0.29) is 11.3 Å². The summed E-state index contributed by atoms with van der Waals surface area (Å²) in [7, 11) is -3.64. The minimum absolute atomic E-state index is 0.204. The molecule has 6 nitrogen and oxygen atoms in total. The highest BCUT2D eigenvalue weighted by molar-refractivity contribution is 7.93. The van der Waals surface area contributed by atoms with Gasteiger partial charge in [0.2, 0.25) is 5.91 Å². The molecule has 1 aliphatic heterocycles. The Bertz CT molecular complexity index is 1130. The molecule has 1 aromatic heterocycles. The van der Waals surface area contributed by atoms with Crippen molar-refractivity contribution >= 4 is 21.4 Å². The van der Waals surface area contributed by atoms with Crippen molar-refractivity contribution in [3.05, 3.63) is 71.8 Å². The maximum atomic E-state index is 12.6. The Labute approximate surface area is 157 Å². The number of carbonyl (C=O) groups excluding carboxylic acids is 1. The van der Waals surface area contributed by atoms with E-state index in [1.807, 2.05) is 30.5 Å². The van der Waals surface area contributed by atoms with Gasteiger partial charge in [-0.05, 0) is 56.2 Å². The summed E-state index contributed by atoms with van der Waals surface area (Å²) in [4.78, 5) is 17.1. The van der Waals surface area contributed by atoms with Crippen molar-refractivity contribution in [2.75, 3.05) is 5.32 Å². The minimum atomic E-state index is -3.64. The van der Waals surface area contributed by atoms with Gasteiger partial charge in [-0.15, -0.1) is 0 Å². The molecule has 1 aliphatic rings. The van der Waals surface area contributed by atoms with Gasteiger partial charge >= 0.3 is 0 Å². The molecular weight excluding hydrogens is 362 g/mol. The van der Waals surface area contributed by atoms with E-state index in [4.69, 9.17) is 0 Å². The van der Waals surface area contributed by atoms with Crippen LogP contribution in [-0.2, 0) is 21.1 Å². The summed E-state index contributed by atoms with van der Waals surface area (Å²) in [6.45, 7) is 3.93. The van der Waals surface area contributed by atoms with Crippen molar-refractivity contribution in [1.82, 2.24) is 9.55 Å². The third kappa shape index (κ3) is 2.94. The number of fused-ring (bicyclic) bond motifs is 1. The fourth-order valence-electron chi connectivity index (χ4n) is 3.33. The molecule has 1 amide bonds. The fraction of sp³-hybridized carbons (Fsp3) is 0.200. The van der Waals surface area contributed by atoms with Gasteiger partial charge in [-0.25, -0.2) is 13.4 Å². The molecule has 1 unspecified atom stereocenters. The molecule has 1 atom stereocenters. The predicted octanol–water partition coefficient (Wildman–Crippen LogP) is 2.83. The van der Waals surface area contributed by atoms with Gasteiger partial charge in [0.25, 0.3) is 0 Å². The monoisotopic (exact) mass is 381 g/mol. The van der Waals surface area contributed by atoms with Gasteiger partial charge in [-0.2, -0.15) is 0 Å². The largest absolute Gasteiger partial charge is 0.325 e. The highest BCUT2D eigenvalue weighted by atomic mass is 32.2. The molecule has 0 saturated heterocycles. The molecule has 1 N–H and O–H groups in total. The number of amides is 1. The lowest BCUT2D eigenvalue weighted by Gasteiger charge is -2.12. The Morgan fingerprint density at radius 2 is 1.81 bits per heavy atom. The molecule has 3 aromatic rings. The summed E-state index contributed by atoms with van der Waals surface area (Å²) in [5.74, 6) is -0.506. The second kappa shape index (κ2) is 6.35. The smallest absolute Gasteiger partial charge is 0.243 e. The highest BCUT2D eigenvalue weighted by Gasteiger charge is 2.41. The number of carbonyl (C=O) groups is 1. The maximum absolute atomic E-state index is 12.6. The lowest BCUT2D eigenvalue weighted by atomic mass is 10.1. The number of aromatic nitrogens is 2. The zero-order valence-electron chi connectivity index (χ0n) is 15.0. The van der Waals surface area contributed by atoms with Gasteiger partial charge in [-0.1, -0.05) is 18.2 Å². The van der Waals surface area contributed by atoms with Gasteiger partial charge in [0.15, 0.2) is 9.84 Å². The van der Waals surface area contributed by atoms with Crippen LogP contribution in [0.1, 0.15) is 17.0 Å². The Balaban J connectivity index is 1.53. The van der Waals surface area contributed by atoms with Crippen molar-refractivity contribution < 1.29 is 13.2 Å². The van der Waals surface area contributed by atoms with E-state index in [9.17, 15) is 13.2 Å². The Morgan fingerprint density at radius 1 is 1.11 bits per heavy atom. The SMILES string of the molecule is Cc1ncn(-c2ccc(NC(=O)C3Cc4ccccc4S3(=O)=O)cc2)c1C. The predicted molar refractivity (Wildman–Crippen MR) is 103 cm³/mol. The molecule has 0 fully saturated rings. The topological polar surface area (TPSA) is 81.1 Å². The Morgan fingerprint density at radius 3 is 2.44 bits per heavy atom. The standard InChI is InChI=1S/C20H19N3O3S/c1-13-14(2)23(12-21-13)17-9-7-16(8-10-17)22-20(24)19-11-15-5-3-4-6-18(15)27(19,25)26/h3-10,12,19H,11H2,1-2H3,(H,22,24). The van der Waals surface area contributed by atoms with Gasteiger partial charge < -0.3 is 9.88 Å². The molecule has 2 heterocycles. The van der Waals surface area contributed by atoms with Crippen LogP contribution in [0.5, 0.6) is 0 Å². The fourth-order valence-corrected chi connectivity index (χ4v) is 5.16. The summed E-state index contributed by atoms with van der Waals surface area (Å²) in [5.41, 5.74) is 4.18. The van der Waals surface area contributed by atoms with Crippen LogP contribution in [0, 0.1) is 13.8 Å². The van der Waals surface area contributed by atoms with Gasteiger partial charge in [-0.3, -0.25) is 4.79 Å². The molecule has 0 bridgehead atoms. The summed E-state index contributed by atoms with van der Waals surface area (Å²) in [6, 6.07) is 14.0. The number of benzene rings is 2. The van der Waals surface area contributed by atoms with Gasteiger partial charge in [0.1, 0.15) is 5.25 Å². The second-order valence-electron chi connectivity index (χ2n) is 6.67.